The van der Waals surface area contributed by atoms with Crippen LogP contribution in [-0.4, -0.2) is 29.3 Å². The van der Waals surface area contributed by atoms with Gasteiger partial charge in [0.1, 0.15) is 0 Å². The number of anilines is 2. The van der Waals surface area contributed by atoms with E-state index >= 15 is 0 Å². The van der Waals surface area contributed by atoms with Gasteiger partial charge in [-0.25, -0.2) is 4.98 Å². The summed E-state index contributed by atoms with van der Waals surface area (Å²) in [6, 6.07) is 4.54. The molecule has 0 spiro atoms. The fourth-order valence-corrected chi connectivity index (χ4v) is 2.70. The number of rotatable bonds is 7. The molecule has 3 N–H and O–H groups in total. The van der Waals surface area contributed by atoms with Crippen molar-refractivity contribution in [1.29, 1.82) is 0 Å². The molecule has 0 unspecified atom stereocenters. The number of amides is 3. The second-order valence-electron chi connectivity index (χ2n) is 5.21. The monoisotopic (exact) mass is 375 g/mol. The van der Waals surface area contributed by atoms with E-state index in [1.807, 2.05) is 6.92 Å². The smallest absolute Gasteiger partial charge is 0.259 e. The molecule has 2 rings (SSSR count). The predicted molar refractivity (Wildman–Crippen MR) is 98.9 cm³/mol. The normalized spacial score (nSPS) is 10.1. The van der Waals surface area contributed by atoms with Crippen LogP contribution in [0.15, 0.2) is 29.6 Å². The standard InChI is InChI=1S/C16H17N5O4S/c1-3-7-17-14(23)10-5-4-6-11(13(10)19-9(2)22)15(24)20-16-18-8-12(21-25)26-16/h4-6,8H,3,7H2,1-2H3,(H,17,23)(H,19,22)(H,18,20,24). The van der Waals surface area contributed by atoms with Gasteiger partial charge in [0, 0.05) is 13.5 Å². The molecule has 3 amide bonds. The number of nitrogens with zero attached hydrogens (tertiary/aromatic N) is 2. The molecular weight excluding hydrogens is 358 g/mol. The SMILES string of the molecule is CCCNC(=O)c1cccc(C(=O)Nc2ncc(N=O)s2)c1NC(C)=O. The van der Waals surface area contributed by atoms with Crippen molar-refractivity contribution >= 4 is 44.9 Å². The zero-order valence-corrected chi connectivity index (χ0v) is 15.0. The molecule has 1 aromatic carbocycles. The average molecular weight is 375 g/mol. The van der Waals surface area contributed by atoms with Crippen molar-refractivity contribution < 1.29 is 14.4 Å². The number of benzene rings is 1. The Morgan fingerprint density at radius 2 is 1.85 bits per heavy atom. The van der Waals surface area contributed by atoms with Gasteiger partial charge in [-0.15, -0.1) is 4.91 Å². The Balaban J connectivity index is 2.36. The summed E-state index contributed by atoms with van der Waals surface area (Å²) in [4.78, 5) is 50.8. The van der Waals surface area contributed by atoms with E-state index in [9.17, 15) is 19.3 Å². The van der Waals surface area contributed by atoms with E-state index < -0.39 is 17.7 Å². The molecule has 26 heavy (non-hydrogen) atoms. The summed E-state index contributed by atoms with van der Waals surface area (Å²) in [6.45, 7) is 3.66. The summed E-state index contributed by atoms with van der Waals surface area (Å²) in [5, 5.41) is 10.8. The Bertz CT molecular complexity index is 849. The number of hydrogen-bond acceptors (Lipinski definition) is 7. The molecule has 9 nitrogen and oxygen atoms in total. The molecule has 0 fully saturated rings. The van der Waals surface area contributed by atoms with Crippen molar-refractivity contribution in [2.24, 2.45) is 5.18 Å². The number of nitroso groups, excluding NO2 is 1. The number of nitrogens with one attached hydrogen (secondary N) is 3. The highest BCUT2D eigenvalue weighted by Gasteiger charge is 2.20. The maximum atomic E-state index is 12.6. The first-order chi connectivity index (χ1) is 12.5. The lowest BCUT2D eigenvalue weighted by Gasteiger charge is -2.14. The number of para-hydroxylation sites is 1. The van der Waals surface area contributed by atoms with Crippen LogP contribution >= 0.6 is 11.3 Å². The first-order valence-corrected chi connectivity index (χ1v) is 8.57. The molecule has 0 saturated heterocycles. The maximum Gasteiger partial charge on any atom is 0.259 e. The van der Waals surface area contributed by atoms with Crippen LogP contribution in [0.5, 0.6) is 0 Å². The van der Waals surface area contributed by atoms with Crippen LogP contribution in [0.3, 0.4) is 0 Å². The van der Waals surface area contributed by atoms with Crippen LogP contribution in [0.2, 0.25) is 0 Å². The third-order valence-corrected chi connectivity index (χ3v) is 3.98. The number of aromatic nitrogens is 1. The first-order valence-electron chi connectivity index (χ1n) is 7.75. The van der Waals surface area contributed by atoms with Crippen molar-refractivity contribution in [3.8, 4) is 0 Å². The van der Waals surface area contributed by atoms with Crippen LogP contribution in [0.1, 0.15) is 41.0 Å². The summed E-state index contributed by atoms with van der Waals surface area (Å²) in [7, 11) is 0. The molecule has 0 aliphatic heterocycles. The topological polar surface area (TPSA) is 130 Å². The number of thiazole rings is 1. The van der Waals surface area contributed by atoms with E-state index in [0.29, 0.717) is 6.54 Å². The quantitative estimate of drug-likeness (QED) is 0.641. The molecule has 0 saturated carbocycles. The lowest BCUT2D eigenvalue weighted by atomic mass is 10.1. The first kappa shape index (κ1) is 19.2. The van der Waals surface area contributed by atoms with E-state index in [4.69, 9.17) is 0 Å². The maximum absolute atomic E-state index is 12.6. The third kappa shape index (κ3) is 4.70. The van der Waals surface area contributed by atoms with Crippen LogP contribution in [0.4, 0.5) is 15.8 Å². The second-order valence-corrected chi connectivity index (χ2v) is 6.22. The van der Waals surface area contributed by atoms with Crippen molar-refractivity contribution in [3.05, 3.63) is 40.4 Å². The number of carbonyl (C=O) groups excluding carboxylic acids is 3. The Hall–Kier alpha value is -3.14. The van der Waals surface area contributed by atoms with E-state index in [2.05, 4.69) is 26.1 Å². The van der Waals surface area contributed by atoms with Gasteiger partial charge in [-0.05, 0) is 23.7 Å². The van der Waals surface area contributed by atoms with Gasteiger partial charge in [0.15, 0.2) is 10.1 Å². The van der Waals surface area contributed by atoms with Crippen LogP contribution < -0.4 is 16.0 Å². The highest BCUT2D eigenvalue weighted by molar-refractivity contribution is 7.19. The van der Waals surface area contributed by atoms with E-state index in [-0.39, 0.29) is 26.9 Å². The summed E-state index contributed by atoms with van der Waals surface area (Å²) < 4.78 is 0. The van der Waals surface area contributed by atoms with Crippen LogP contribution in [0.25, 0.3) is 0 Å². The molecular formula is C16H17N5O4S. The highest BCUT2D eigenvalue weighted by atomic mass is 32.1. The predicted octanol–water partition coefficient (Wildman–Crippen LogP) is 2.89. The zero-order chi connectivity index (χ0) is 19.1. The molecule has 0 bridgehead atoms. The van der Waals surface area contributed by atoms with Gasteiger partial charge in [0.2, 0.25) is 5.91 Å². The molecule has 0 aliphatic rings. The Morgan fingerprint density at radius 1 is 1.15 bits per heavy atom. The van der Waals surface area contributed by atoms with Crippen molar-refractivity contribution in [1.82, 2.24) is 10.3 Å². The number of carbonyl (C=O) groups is 3. The summed E-state index contributed by atoms with van der Waals surface area (Å²) >= 11 is 0.908. The minimum atomic E-state index is -0.578. The van der Waals surface area contributed by atoms with Crippen molar-refractivity contribution in [2.45, 2.75) is 20.3 Å². The summed E-state index contributed by atoms with van der Waals surface area (Å²) in [5.74, 6) is -1.39. The Morgan fingerprint density at radius 3 is 2.42 bits per heavy atom. The van der Waals surface area contributed by atoms with Gasteiger partial charge in [-0.1, -0.05) is 24.3 Å². The molecule has 10 heteroatoms. The Kier molecular flexibility index (Phi) is 6.50. The minimum absolute atomic E-state index is 0.0974. The fourth-order valence-electron chi connectivity index (χ4n) is 2.11. The molecule has 136 valence electrons. The minimum Gasteiger partial charge on any atom is -0.352 e. The lowest BCUT2D eigenvalue weighted by molar-refractivity contribution is -0.114. The average Bonchev–Trinajstić information content (AvgIpc) is 3.06. The second kappa shape index (κ2) is 8.81. The zero-order valence-electron chi connectivity index (χ0n) is 14.2. The van der Waals surface area contributed by atoms with Gasteiger partial charge in [-0.2, -0.15) is 0 Å². The van der Waals surface area contributed by atoms with E-state index in [0.717, 1.165) is 17.8 Å². The molecule has 1 aromatic heterocycles. The van der Waals surface area contributed by atoms with Gasteiger partial charge in [-0.3, -0.25) is 19.7 Å². The van der Waals surface area contributed by atoms with Crippen molar-refractivity contribution in [2.75, 3.05) is 17.2 Å². The molecule has 0 aliphatic carbocycles. The molecule has 0 radical (unpaired) electrons. The number of hydrogen-bond donors (Lipinski definition) is 3. The Labute approximate surface area is 153 Å². The molecule has 0 atom stereocenters. The molecule has 2 aromatic rings. The fraction of sp³-hybridized carbons (Fsp3) is 0.250. The lowest BCUT2D eigenvalue weighted by Crippen LogP contribution is -2.27. The van der Waals surface area contributed by atoms with Gasteiger partial charge < -0.3 is 10.6 Å². The van der Waals surface area contributed by atoms with E-state index in [1.54, 1.807) is 6.07 Å². The van der Waals surface area contributed by atoms with Crippen LogP contribution in [-0.2, 0) is 4.79 Å². The molecule has 1 heterocycles. The van der Waals surface area contributed by atoms with Gasteiger partial charge in [0.25, 0.3) is 11.8 Å². The largest absolute Gasteiger partial charge is 0.352 e. The highest BCUT2D eigenvalue weighted by Crippen LogP contribution is 2.27. The van der Waals surface area contributed by atoms with Crippen molar-refractivity contribution in [3.63, 3.8) is 0 Å². The summed E-state index contributed by atoms with van der Waals surface area (Å²) in [5.41, 5.74) is 0.382. The third-order valence-electron chi connectivity index (χ3n) is 3.19. The van der Waals surface area contributed by atoms with Gasteiger partial charge in [0.05, 0.1) is 23.0 Å². The van der Waals surface area contributed by atoms with Gasteiger partial charge >= 0.3 is 0 Å². The van der Waals surface area contributed by atoms with E-state index in [1.165, 1.54) is 25.3 Å². The summed E-state index contributed by atoms with van der Waals surface area (Å²) in [6.07, 6.45) is 1.98. The van der Waals surface area contributed by atoms with Crippen LogP contribution in [0, 0.1) is 4.91 Å².